The number of fused-ring (bicyclic) bond motifs is 3. The molecule has 1 saturated heterocycles. The molecule has 0 aromatic heterocycles. The molecule has 1 aromatic carbocycles. The van der Waals surface area contributed by atoms with Crippen molar-refractivity contribution in [1.29, 1.82) is 0 Å². The minimum absolute atomic E-state index is 0.148. The van der Waals surface area contributed by atoms with E-state index in [-0.39, 0.29) is 52.2 Å². The van der Waals surface area contributed by atoms with Crippen molar-refractivity contribution in [3.05, 3.63) is 51.0 Å². The van der Waals surface area contributed by atoms with Crippen LogP contribution in [-0.2, 0) is 19.2 Å². The third-order valence-corrected chi connectivity index (χ3v) is 8.17. The summed E-state index contributed by atoms with van der Waals surface area (Å²) in [5.74, 6) is -3.03. The summed E-state index contributed by atoms with van der Waals surface area (Å²) in [4.78, 5) is 54.1. The molecule has 1 aromatic rings. The quantitative estimate of drug-likeness (QED) is 0.354. The fraction of sp³-hybridized carbons (Fsp3) is 0.385. The third kappa shape index (κ3) is 3.31. The minimum atomic E-state index is -0.808. The molecular formula is C26H24BrNO7. The zero-order valence-corrected chi connectivity index (χ0v) is 21.0. The Hall–Kier alpha value is -3.20. The molecule has 0 radical (unpaired) electrons. The summed E-state index contributed by atoms with van der Waals surface area (Å²) in [6.07, 6.45) is 3.66. The van der Waals surface area contributed by atoms with Crippen LogP contribution in [0.1, 0.15) is 31.2 Å². The van der Waals surface area contributed by atoms with E-state index in [0.717, 1.165) is 5.57 Å². The summed E-state index contributed by atoms with van der Waals surface area (Å²) >= 11 is 3.20. The van der Waals surface area contributed by atoms with Gasteiger partial charge in [0.25, 0.3) is 0 Å². The van der Waals surface area contributed by atoms with Crippen molar-refractivity contribution in [3.63, 3.8) is 0 Å². The molecule has 3 aliphatic carbocycles. The minimum Gasteiger partial charge on any atom is -0.507 e. The first kappa shape index (κ1) is 23.5. The van der Waals surface area contributed by atoms with E-state index in [1.807, 2.05) is 6.08 Å². The highest BCUT2D eigenvalue weighted by atomic mass is 79.9. The average Bonchev–Trinajstić information content (AvgIpc) is 3.10. The van der Waals surface area contributed by atoms with Crippen molar-refractivity contribution in [2.75, 3.05) is 20.8 Å². The highest BCUT2D eigenvalue weighted by Crippen LogP contribution is 2.57. The van der Waals surface area contributed by atoms with Gasteiger partial charge in [-0.2, -0.15) is 0 Å². The maximum absolute atomic E-state index is 13.3. The number of carbonyl (C=O) groups is 4. The lowest BCUT2D eigenvalue weighted by Crippen LogP contribution is -2.39. The number of phenols is 1. The molecule has 1 fully saturated rings. The number of benzene rings is 1. The molecule has 4 aliphatic rings. The van der Waals surface area contributed by atoms with Crippen molar-refractivity contribution in [2.24, 2.45) is 17.8 Å². The van der Waals surface area contributed by atoms with Gasteiger partial charge in [0.2, 0.25) is 11.8 Å². The van der Waals surface area contributed by atoms with E-state index < -0.39 is 23.7 Å². The number of likely N-dealkylation sites (tertiary alicyclic amines) is 1. The Morgan fingerprint density at radius 2 is 1.83 bits per heavy atom. The van der Waals surface area contributed by atoms with Crippen LogP contribution in [0.3, 0.4) is 0 Å². The standard InChI is InChI=1S/C26H24BrNO7/c1-4-28-25(32)13-6-5-12-14(20(13)26(28)33)9-15-21(18(30)10-16(27)24(15)31)22(12)23-17(29)7-11(34-2)8-19(23)35-3/h5,7-8,10,13-14,20,22,29H,4,6,9H2,1-3H3. The number of imide groups is 1. The van der Waals surface area contributed by atoms with E-state index in [0.29, 0.717) is 29.1 Å². The highest BCUT2D eigenvalue weighted by molar-refractivity contribution is 9.12. The Morgan fingerprint density at radius 3 is 2.49 bits per heavy atom. The molecule has 182 valence electrons. The summed E-state index contributed by atoms with van der Waals surface area (Å²) in [6.45, 7) is 2.04. The Morgan fingerprint density at radius 1 is 1.09 bits per heavy atom. The van der Waals surface area contributed by atoms with Crippen LogP contribution in [0.4, 0.5) is 0 Å². The SMILES string of the molecule is CCN1C(=O)C2CC=C3C(c4c(O)cc(OC)cc4OC)C4=C(CC3C2C1=O)C(=O)C(Br)=CC4=O. The lowest BCUT2D eigenvalue weighted by molar-refractivity contribution is -0.139. The predicted octanol–water partition coefficient (Wildman–Crippen LogP) is 3.19. The summed E-state index contributed by atoms with van der Waals surface area (Å²) in [5.41, 5.74) is 1.63. The number of amides is 2. The van der Waals surface area contributed by atoms with Crippen molar-refractivity contribution < 1.29 is 33.8 Å². The second-order valence-corrected chi connectivity index (χ2v) is 9.93. The van der Waals surface area contributed by atoms with Crippen LogP contribution in [0.15, 0.2) is 45.5 Å². The molecule has 2 amide bonds. The van der Waals surface area contributed by atoms with Gasteiger partial charge in [-0.1, -0.05) is 11.6 Å². The maximum Gasteiger partial charge on any atom is 0.233 e. The van der Waals surface area contributed by atoms with E-state index in [1.165, 1.54) is 31.3 Å². The first-order valence-electron chi connectivity index (χ1n) is 11.4. The topological polar surface area (TPSA) is 110 Å². The molecular weight excluding hydrogens is 518 g/mol. The first-order valence-corrected chi connectivity index (χ1v) is 12.2. The monoisotopic (exact) mass is 541 g/mol. The smallest absolute Gasteiger partial charge is 0.233 e. The molecule has 8 nitrogen and oxygen atoms in total. The third-order valence-electron chi connectivity index (χ3n) is 7.58. The number of hydrogen-bond donors (Lipinski definition) is 1. The van der Waals surface area contributed by atoms with Crippen LogP contribution >= 0.6 is 15.9 Å². The van der Waals surface area contributed by atoms with Crippen LogP contribution < -0.4 is 9.47 Å². The van der Waals surface area contributed by atoms with E-state index in [9.17, 15) is 24.3 Å². The predicted molar refractivity (Wildman–Crippen MR) is 128 cm³/mol. The second kappa shape index (κ2) is 8.48. The molecule has 0 spiro atoms. The van der Waals surface area contributed by atoms with E-state index >= 15 is 0 Å². The summed E-state index contributed by atoms with van der Waals surface area (Å²) in [7, 11) is 2.91. The fourth-order valence-corrected chi connectivity index (χ4v) is 6.53. The highest BCUT2D eigenvalue weighted by Gasteiger charge is 2.56. The van der Waals surface area contributed by atoms with Crippen LogP contribution in [0.5, 0.6) is 17.2 Å². The number of aromatic hydroxyl groups is 1. The lowest BCUT2D eigenvalue weighted by Gasteiger charge is -2.42. The normalized spacial score (nSPS) is 27.8. The van der Waals surface area contributed by atoms with Crippen molar-refractivity contribution in [3.8, 4) is 17.2 Å². The van der Waals surface area contributed by atoms with Crippen LogP contribution in [0, 0.1) is 17.8 Å². The van der Waals surface area contributed by atoms with Gasteiger partial charge >= 0.3 is 0 Å². The van der Waals surface area contributed by atoms with E-state index in [2.05, 4.69) is 15.9 Å². The second-order valence-electron chi connectivity index (χ2n) is 9.08. The molecule has 0 bridgehead atoms. The number of halogens is 1. The largest absolute Gasteiger partial charge is 0.507 e. The molecule has 4 unspecified atom stereocenters. The zero-order chi connectivity index (χ0) is 25.2. The molecule has 4 atom stereocenters. The zero-order valence-electron chi connectivity index (χ0n) is 19.5. The first-order chi connectivity index (χ1) is 16.7. The summed E-state index contributed by atoms with van der Waals surface area (Å²) in [5, 5.41) is 11.1. The van der Waals surface area contributed by atoms with E-state index in [4.69, 9.17) is 9.47 Å². The van der Waals surface area contributed by atoms with Gasteiger partial charge in [0.1, 0.15) is 17.2 Å². The number of allylic oxidation sites excluding steroid dienone is 6. The van der Waals surface area contributed by atoms with Gasteiger partial charge in [-0.3, -0.25) is 24.1 Å². The Bertz CT molecular complexity index is 1290. The number of methoxy groups -OCH3 is 2. The number of rotatable bonds is 4. The van der Waals surface area contributed by atoms with Gasteiger partial charge in [-0.15, -0.1) is 0 Å². The fourth-order valence-electron chi connectivity index (χ4n) is 6.08. The van der Waals surface area contributed by atoms with Crippen molar-refractivity contribution in [2.45, 2.75) is 25.7 Å². The molecule has 1 aliphatic heterocycles. The molecule has 5 rings (SSSR count). The molecule has 1 N–H and O–H groups in total. The molecule has 35 heavy (non-hydrogen) atoms. The Labute approximate surface area is 210 Å². The van der Waals surface area contributed by atoms with Crippen LogP contribution in [0.2, 0.25) is 0 Å². The number of nitrogens with zero attached hydrogens (tertiary/aromatic N) is 1. The van der Waals surface area contributed by atoms with Gasteiger partial charge < -0.3 is 14.6 Å². The van der Waals surface area contributed by atoms with Crippen LogP contribution in [-0.4, -0.2) is 54.2 Å². The number of phenolic OH excluding ortho intramolecular Hbond substituents is 1. The molecule has 0 saturated carbocycles. The Balaban J connectivity index is 1.75. The summed E-state index contributed by atoms with van der Waals surface area (Å²) in [6, 6.07) is 3.03. The van der Waals surface area contributed by atoms with Gasteiger partial charge in [-0.25, -0.2) is 0 Å². The Kier molecular flexibility index (Phi) is 5.70. The summed E-state index contributed by atoms with van der Waals surface area (Å²) < 4.78 is 11.0. The lowest BCUT2D eigenvalue weighted by atomic mass is 9.59. The maximum atomic E-state index is 13.3. The van der Waals surface area contributed by atoms with Crippen molar-refractivity contribution >= 4 is 39.3 Å². The van der Waals surface area contributed by atoms with Gasteiger partial charge in [0, 0.05) is 47.4 Å². The number of carbonyl (C=O) groups excluding carboxylic acids is 4. The van der Waals surface area contributed by atoms with Gasteiger partial charge in [0.15, 0.2) is 11.6 Å². The van der Waals surface area contributed by atoms with Crippen molar-refractivity contribution in [1.82, 2.24) is 4.90 Å². The molecule has 9 heteroatoms. The average molecular weight is 542 g/mol. The number of ketones is 2. The number of ether oxygens (including phenoxy) is 2. The van der Waals surface area contributed by atoms with Crippen LogP contribution in [0.25, 0.3) is 0 Å². The number of hydrogen-bond acceptors (Lipinski definition) is 7. The van der Waals surface area contributed by atoms with E-state index in [1.54, 1.807) is 13.0 Å². The van der Waals surface area contributed by atoms with Gasteiger partial charge in [0.05, 0.1) is 30.5 Å². The molecule has 1 heterocycles. The van der Waals surface area contributed by atoms with Gasteiger partial charge in [-0.05, 0) is 41.6 Å². The number of Topliss-reactive ketones (excluding diaryl/α,β-unsaturated/α-hetero) is 1.